The number of fused-ring (bicyclic) bond motifs is 2. The number of hydrogen-bond donors (Lipinski definition) is 1. The second-order valence-electron chi connectivity index (χ2n) is 8.55. The molecule has 33 heavy (non-hydrogen) atoms. The lowest BCUT2D eigenvalue weighted by Gasteiger charge is -2.24. The van der Waals surface area contributed by atoms with Crippen molar-refractivity contribution in [3.05, 3.63) is 83.4 Å². The minimum absolute atomic E-state index is 0.216. The normalized spacial score (nSPS) is 20.0. The molecule has 0 radical (unpaired) electrons. The highest BCUT2D eigenvalue weighted by molar-refractivity contribution is 6.21. The summed E-state index contributed by atoms with van der Waals surface area (Å²) in [5, 5.41) is 4.78. The number of nitrogens with one attached hydrogen (secondary N) is 1. The van der Waals surface area contributed by atoms with Gasteiger partial charge in [0, 0.05) is 13.1 Å². The molecule has 1 fully saturated rings. The van der Waals surface area contributed by atoms with Crippen molar-refractivity contribution < 1.29 is 19.2 Å². The number of imide groups is 2. The van der Waals surface area contributed by atoms with E-state index in [9.17, 15) is 19.2 Å². The first-order valence-electron chi connectivity index (χ1n) is 11.0. The van der Waals surface area contributed by atoms with E-state index in [1.165, 1.54) is 9.80 Å². The Bertz CT molecular complexity index is 1280. The van der Waals surface area contributed by atoms with Gasteiger partial charge in [0.1, 0.15) is 5.54 Å². The van der Waals surface area contributed by atoms with Gasteiger partial charge in [0.05, 0.1) is 11.1 Å². The van der Waals surface area contributed by atoms with E-state index in [0.717, 1.165) is 16.3 Å². The second kappa shape index (κ2) is 7.85. The topological polar surface area (TPSA) is 86.8 Å². The highest BCUT2D eigenvalue weighted by Crippen LogP contribution is 2.34. The van der Waals surface area contributed by atoms with E-state index in [-0.39, 0.29) is 30.8 Å². The Morgan fingerprint density at radius 3 is 2.00 bits per heavy atom. The molecule has 3 aromatic carbocycles. The Morgan fingerprint density at radius 2 is 1.30 bits per heavy atom. The third kappa shape index (κ3) is 3.28. The lowest BCUT2D eigenvalue weighted by molar-refractivity contribution is -0.131. The molecule has 2 heterocycles. The van der Waals surface area contributed by atoms with E-state index in [1.54, 1.807) is 31.2 Å². The van der Waals surface area contributed by atoms with Crippen LogP contribution in [0.2, 0.25) is 0 Å². The molecule has 7 nitrogen and oxygen atoms in total. The van der Waals surface area contributed by atoms with Gasteiger partial charge in [0.15, 0.2) is 0 Å². The third-order valence-electron chi connectivity index (χ3n) is 6.49. The van der Waals surface area contributed by atoms with Gasteiger partial charge in [-0.15, -0.1) is 0 Å². The van der Waals surface area contributed by atoms with Crippen LogP contribution >= 0.6 is 0 Å². The van der Waals surface area contributed by atoms with Gasteiger partial charge in [-0.1, -0.05) is 54.6 Å². The van der Waals surface area contributed by atoms with Crippen molar-refractivity contribution in [1.29, 1.82) is 0 Å². The molecule has 7 heteroatoms. The molecule has 5 amide bonds. The summed E-state index contributed by atoms with van der Waals surface area (Å²) in [4.78, 5) is 53.4. The number of unbranched alkanes of at least 4 members (excludes halogenated alkanes) is 1. The summed E-state index contributed by atoms with van der Waals surface area (Å²) < 4.78 is 0. The van der Waals surface area contributed by atoms with Crippen LogP contribution in [0.25, 0.3) is 10.8 Å². The summed E-state index contributed by atoms with van der Waals surface area (Å²) in [6.45, 7) is 2.19. The number of rotatable bonds is 6. The second-order valence-corrected chi connectivity index (χ2v) is 8.55. The molecular formula is C26H23N3O4. The molecule has 1 N–H and O–H groups in total. The average molecular weight is 441 g/mol. The van der Waals surface area contributed by atoms with Crippen molar-refractivity contribution in [2.75, 3.05) is 13.1 Å². The SMILES string of the molecule is CC1(c2cccc3ccccc23)NC(=O)N(CCCCN2C(=O)c3ccccc3C2=O)C1=O. The first-order valence-corrected chi connectivity index (χ1v) is 11.0. The summed E-state index contributed by atoms with van der Waals surface area (Å²) >= 11 is 0. The van der Waals surface area contributed by atoms with Gasteiger partial charge in [-0.2, -0.15) is 0 Å². The van der Waals surface area contributed by atoms with E-state index >= 15 is 0 Å². The molecule has 3 aromatic rings. The Kier molecular flexibility index (Phi) is 4.96. The van der Waals surface area contributed by atoms with Gasteiger partial charge < -0.3 is 5.32 Å². The highest BCUT2D eigenvalue weighted by Gasteiger charge is 2.49. The zero-order chi connectivity index (χ0) is 23.2. The number of carbonyl (C=O) groups is 4. The van der Waals surface area contributed by atoms with Crippen molar-refractivity contribution in [3.63, 3.8) is 0 Å². The minimum atomic E-state index is -1.15. The van der Waals surface area contributed by atoms with Gasteiger partial charge in [-0.05, 0) is 48.2 Å². The number of benzene rings is 3. The van der Waals surface area contributed by atoms with Gasteiger partial charge >= 0.3 is 6.03 Å². The van der Waals surface area contributed by atoms with Crippen LogP contribution in [0.15, 0.2) is 66.7 Å². The number of nitrogens with zero attached hydrogens (tertiary/aromatic N) is 2. The zero-order valence-corrected chi connectivity index (χ0v) is 18.2. The fraction of sp³-hybridized carbons (Fsp3) is 0.231. The van der Waals surface area contributed by atoms with E-state index in [1.807, 2.05) is 42.5 Å². The zero-order valence-electron chi connectivity index (χ0n) is 18.2. The maximum atomic E-state index is 13.3. The lowest BCUT2D eigenvalue weighted by atomic mass is 9.88. The van der Waals surface area contributed by atoms with Gasteiger partial charge in [-0.25, -0.2) is 4.79 Å². The molecule has 0 spiro atoms. The predicted octanol–water partition coefficient (Wildman–Crippen LogP) is 3.68. The van der Waals surface area contributed by atoms with E-state index in [4.69, 9.17) is 0 Å². The Morgan fingerprint density at radius 1 is 0.727 bits per heavy atom. The molecule has 166 valence electrons. The monoisotopic (exact) mass is 441 g/mol. The lowest BCUT2D eigenvalue weighted by Crippen LogP contribution is -2.41. The highest BCUT2D eigenvalue weighted by atomic mass is 16.2. The quantitative estimate of drug-likeness (QED) is 0.359. The maximum Gasteiger partial charge on any atom is 0.325 e. The predicted molar refractivity (Wildman–Crippen MR) is 123 cm³/mol. The van der Waals surface area contributed by atoms with Gasteiger partial charge in [0.25, 0.3) is 17.7 Å². The van der Waals surface area contributed by atoms with Crippen LogP contribution in [0.3, 0.4) is 0 Å². The maximum absolute atomic E-state index is 13.3. The molecule has 2 aliphatic rings. The first-order chi connectivity index (χ1) is 15.9. The molecule has 0 bridgehead atoms. The molecule has 0 saturated carbocycles. The summed E-state index contributed by atoms with van der Waals surface area (Å²) in [5.74, 6) is -0.896. The Labute approximate surface area is 191 Å². The van der Waals surface area contributed by atoms with E-state index < -0.39 is 11.6 Å². The third-order valence-corrected chi connectivity index (χ3v) is 6.49. The summed E-state index contributed by atoms with van der Waals surface area (Å²) in [5.41, 5.74) is 0.442. The molecule has 1 atom stereocenters. The summed E-state index contributed by atoms with van der Waals surface area (Å²) in [6, 6.07) is 19.8. The van der Waals surface area contributed by atoms with Crippen LogP contribution < -0.4 is 5.32 Å². The van der Waals surface area contributed by atoms with E-state index in [0.29, 0.717) is 24.0 Å². The van der Waals surface area contributed by atoms with Crippen molar-refractivity contribution in [1.82, 2.24) is 15.1 Å². The van der Waals surface area contributed by atoms with Crippen molar-refractivity contribution in [3.8, 4) is 0 Å². The minimum Gasteiger partial charge on any atom is -0.319 e. The standard InChI is InChI=1S/C26H23N3O4/c1-26(21-14-8-10-17-9-2-3-11-18(17)21)24(32)29(25(33)27-26)16-7-6-15-28-22(30)19-12-4-5-13-20(19)23(28)31/h2-5,8-14H,6-7,15-16H2,1H3,(H,27,33). The number of hydrogen-bond acceptors (Lipinski definition) is 4. The molecule has 1 saturated heterocycles. The molecule has 0 aromatic heterocycles. The molecule has 5 rings (SSSR count). The van der Waals surface area contributed by atoms with Gasteiger partial charge in [0.2, 0.25) is 0 Å². The number of amides is 5. The van der Waals surface area contributed by atoms with Crippen molar-refractivity contribution in [2.24, 2.45) is 0 Å². The Hall–Kier alpha value is -4.00. The van der Waals surface area contributed by atoms with Crippen LogP contribution in [-0.4, -0.2) is 46.6 Å². The van der Waals surface area contributed by atoms with Crippen molar-refractivity contribution >= 4 is 34.5 Å². The van der Waals surface area contributed by atoms with Crippen LogP contribution in [0.1, 0.15) is 46.0 Å². The Balaban J connectivity index is 1.25. The number of urea groups is 1. The largest absolute Gasteiger partial charge is 0.325 e. The fourth-order valence-electron chi connectivity index (χ4n) is 4.73. The van der Waals surface area contributed by atoms with E-state index in [2.05, 4.69) is 5.32 Å². The van der Waals surface area contributed by atoms with Crippen LogP contribution in [0.4, 0.5) is 4.79 Å². The van der Waals surface area contributed by atoms with Crippen LogP contribution in [-0.2, 0) is 10.3 Å². The smallest absolute Gasteiger partial charge is 0.319 e. The number of carbonyl (C=O) groups excluding carboxylic acids is 4. The molecule has 1 unspecified atom stereocenters. The summed E-state index contributed by atoms with van der Waals surface area (Å²) in [7, 11) is 0. The van der Waals surface area contributed by atoms with Gasteiger partial charge in [-0.3, -0.25) is 24.2 Å². The first kappa shape index (κ1) is 20.9. The molecule has 0 aliphatic carbocycles. The van der Waals surface area contributed by atoms with Crippen LogP contribution in [0, 0.1) is 0 Å². The molecular weight excluding hydrogens is 418 g/mol. The summed E-state index contributed by atoms with van der Waals surface area (Å²) in [6.07, 6.45) is 0.978. The average Bonchev–Trinajstić information content (AvgIpc) is 3.20. The fourth-order valence-corrected chi connectivity index (χ4v) is 4.73. The molecule has 2 aliphatic heterocycles. The van der Waals surface area contributed by atoms with Crippen molar-refractivity contribution in [2.45, 2.75) is 25.3 Å². The van der Waals surface area contributed by atoms with Crippen LogP contribution in [0.5, 0.6) is 0 Å².